The summed E-state index contributed by atoms with van der Waals surface area (Å²) in [6, 6.07) is 12.6. The van der Waals surface area contributed by atoms with E-state index in [2.05, 4.69) is 37.3 Å². The summed E-state index contributed by atoms with van der Waals surface area (Å²) in [5.41, 5.74) is 2.31. The standard InChI is InChI=1S/C19H22ClNO/c1-2-3-4-9-18(22)21-13-15(12-20)19-16-8-6-5-7-14(16)10-11-17(19)21/h5-8,10-11,15H,2-4,9,12-13H2,1H3/t15-/m1/s1. The molecule has 2 nitrogen and oxygen atoms in total. The van der Waals surface area contributed by atoms with Crippen molar-refractivity contribution in [2.45, 2.75) is 38.5 Å². The van der Waals surface area contributed by atoms with E-state index in [1.165, 1.54) is 16.3 Å². The van der Waals surface area contributed by atoms with E-state index >= 15 is 0 Å². The van der Waals surface area contributed by atoms with Crippen LogP contribution in [0.5, 0.6) is 0 Å². The van der Waals surface area contributed by atoms with E-state index in [1.807, 2.05) is 11.0 Å². The molecular formula is C19H22ClNO. The molecular weight excluding hydrogens is 294 g/mol. The molecule has 0 bridgehead atoms. The monoisotopic (exact) mass is 315 g/mol. The van der Waals surface area contributed by atoms with Crippen LogP contribution in [-0.4, -0.2) is 18.3 Å². The smallest absolute Gasteiger partial charge is 0.227 e. The maximum atomic E-state index is 12.6. The molecule has 2 aromatic rings. The van der Waals surface area contributed by atoms with E-state index in [4.69, 9.17) is 11.6 Å². The molecule has 0 aliphatic carbocycles. The normalized spacial score (nSPS) is 17.0. The third kappa shape index (κ3) is 2.72. The number of nitrogens with zero attached hydrogens (tertiary/aromatic N) is 1. The number of unbranched alkanes of at least 4 members (excludes halogenated alkanes) is 2. The third-order valence-electron chi connectivity index (χ3n) is 4.53. The number of carbonyl (C=O) groups excluding carboxylic acids is 1. The minimum absolute atomic E-state index is 0.234. The van der Waals surface area contributed by atoms with Gasteiger partial charge in [0.2, 0.25) is 5.91 Å². The Labute approximate surface area is 137 Å². The van der Waals surface area contributed by atoms with Gasteiger partial charge in [0.05, 0.1) is 0 Å². The first-order chi connectivity index (χ1) is 10.8. The lowest BCUT2D eigenvalue weighted by Crippen LogP contribution is -2.29. The Morgan fingerprint density at radius 1 is 1.23 bits per heavy atom. The average molecular weight is 316 g/mol. The van der Waals surface area contributed by atoms with Crippen LogP contribution in [0, 0.1) is 0 Å². The van der Waals surface area contributed by atoms with Crippen molar-refractivity contribution in [1.82, 2.24) is 0 Å². The zero-order valence-corrected chi connectivity index (χ0v) is 13.8. The van der Waals surface area contributed by atoms with Crippen LogP contribution in [0.15, 0.2) is 36.4 Å². The number of halogens is 1. The molecule has 0 aromatic heterocycles. The summed E-state index contributed by atoms with van der Waals surface area (Å²) in [4.78, 5) is 14.5. The van der Waals surface area contributed by atoms with Gasteiger partial charge in [0, 0.05) is 30.5 Å². The first kappa shape index (κ1) is 15.4. The Balaban J connectivity index is 1.96. The molecule has 0 saturated heterocycles. The van der Waals surface area contributed by atoms with Gasteiger partial charge in [0.25, 0.3) is 0 Å². The van der Waals surface area contributed by atoms with E-state index in [1.54, 1.807) is 0 Å². The van der Waals surface area contributed by atoms with Gasteiger partial charge in [0.15, 0.2) is 0 Å². The van der Waals surface area contributed by atoms with Crippen LogP contribution in [0.25, 0.3) is 10.8 Å². The summed E-state index contributed by atoms with van der Waals surface area (Å²) < 4.78 is 0. The van der Waals surface area contributed by atoms with Crippen molar-refractivity contribution >= 4 is 34.0 Å². The molecule has 2 aromatic carbocycles. The minimum Gasteiger partial charge on any atom is -0.311 e. The predicted molar refractivity (Wildman–Crippen MR) is 93.9 cm³/mol. The number of benzene rings is 2. The summed E-state index contributed by atoms with van der Waals surface area (Å²) in [7, 11) is 0. The molecule has 0 fully saturated rings. The summed E-state index contributed by atoms with van der Waals surface area (Å²) in [6.45, 7) is 2.88. The molecule has 0 saturated carbocycles. The van der Waals surface area contributed by atoms with E-state index in [0.29, 0.717) is 12.3 Å². The number of amides is 1. The molecule has 1 amide bonds. The van der Waals surface area contributed by atoms with E-state index in [-0.39, 0.29) is 11.8 Å². The Bertz CT molecular complexity index is 682. The van der Waals surface area contributed by atoms with E-state index in [9.17, 15) is 4.79 Å². The summed E-state index contributed by atoms with van der Waals surface area (Å²) in [5.74, 6) is 1.02. The molecule has 3 heteroatoms. The SMILES string of the molecule is CCCCCC(=O)N1C[C@@H](CCl)c2c1ccc1ccccc21. The van der Waals surface area contributed by atoms with Crippen molar-refractivity contribution < 1.29 is 4.79 Å². The summed E-state index contributed by atoms with van der Waals surface area (Å²) in [5, 5.41) is 2.45. The average Bonchev–Trinajstić information content (AvgIpc) is 2.94. The molecule has 1 heterocycles. The highest BCUT2D eigenvalue weighted by Crippen LogP contribution is 2.42. The maximum absolute atomic E-state index is 12.6. The second kappa shape index (κ2) is 6.70. The number of anilines is 1. The largest absolute Gasteiger partial charge is 0.311 e. The van der Waals surface area contributed by atoms with Crippen molar-refractivity contribution in [2.24, 2.45) is 0 Å². The van der Waals surface area contributed by atoms with Crippen LogP contribution in [0.1, 0.15) is 44.1 Å². The fraction of sp³-hybridized carbons (Fsp3) is 0.421. The second-order valence-corrected chi connectivity index (χ2v) is 6.34. The lowest BCUT2D eigenvalue weighted by atomic mass is 9.96. The fourth-order valence-corrected chi connectivity index (χ4v) is 3.63. The fourth-order valence-electron chi connectivity index (χ4n) is 3.38. The third-order valence-corrected chi connectivity index (χ3v) is 4.90. The van der Waals surface area contributed by atoms with Crippen molar-refractivity contribution in [1.29, 1.82) is 0 Å². The van der Waals surface area contributed by atoms with Crippen LogP contribution in [0.4, 0.5) is 5.69 Å². The number of carbonyl (C=O) groups is 1. The number of rotatable bonds is 5. The van der Waals surface area contributed by atoms with E-state index in [0.717, 1.165) is 31.5 Å². The van der Waals surface area contributed by atoms with Gasteiger partial charge in [-0.3, -0.25) is 4.79 Å². The van der Waals surface area contributed by atoms with Gasteiger partial charge in [0.1, 0.15) is 0 Å². The molecule has 0 spiro atoms. The van der Waals surface area contributed by atoms with Crippen LogP contribution < -0.4 is 4.90 Å². The Kier molecular flexibility index (Phi) is 4.68. The maximum Gasteiger partial charge on any atom is 0.227 e. The van der Waals surface area contributed by atoms with Crippen molar-refractivity contribution in [2.75, 3.05) is 17.3 Å². The van der Waals surface area contributed by atoms with Crippen LogP contribution >= 0.6 is 11.6 Å². The molecule has 116 valence electrons. The number of hydrogen-bond donors (Lipinski definition) is 0. The van der Waals surface area contributed by atoms with E-state index < -0.39 is 0 Å². The van der Waals surface area contributed by atoms with Crippen LogP contribution in [-0.2, 0) is 4.79 Å². The molecule has 0 N–H and O–H groups in total. The Morgan fingerprint density at radius 2 is 2.05 bits per heavy atom. The van der Waals surface area contributed by atoms with Gasteiger partial charge in [-0.05, 0) is 28.8 Å². The van der Waals surface area contributed by atoms with Gasteiger partial charge in [-0.2, -0.15) is 0 Å². The van der Waals surface area contributed by atoms with Crippen LogP contribution in [0.3, 0.4) is 0 Å². The molecule has 0 radical (unpaired) electrons. The minimum atomic E-state index is 0.234. The lowest BCUT2D eigenvalue weighted by molar-refractivity contribution is -0.118. The predicted octanol–water partition coefficient (Wildman–Crippen LogP) is 5.09. The van der Waals surface area contributed by atoms with Gasteiger partial charge in [-0.15, -0.1) is 11.6 Å². The second-order valence-electron chi connectivity index (χ2n) is 6.03. The molecule has 1 atom stereocenters. The highest BCUT2D eigenvalue weighted by Gasteiger charge is 2.32. The highest BCUT2D eigenvalue weighted by atomic mass is 35.5. The van der Waals surface area contributed by atoms with Crippen LogP contribution in [0.2, 0.25) is 0 Å². The molecule has 1 aliphatic heterocycles. The summed E-state index contributed by atoms with van der Waals surface area (Å²) >= 11 is 6.19. The Hall–Kier alpha value is -1.54. The Morgan fingerprint density at radius 3 is 2.82 bits per heavy atom. The lowest BCUT2D eigenvalue weighted by Gasteiger charge is -2.18. The topological polar surface area (TPSA) is 20.3 Å². The number of fused-ring (bicyclic) bond motifs is 3. The molecule has 1 aliphatic rings. The molecule has 3 rings (SSSR count). The zero-order chi connectivity index (χ0) is 15.5. The molecule has 22 heavy (non-hydrogen) atoms. The first-order valence-corrected chi connectivity index (χ1v) is 8.67. The van der Waals surface area contributed by atoms with Crippen molar-refractivity contribution in [3.63, 3.8) is 0 Å². The van der Waals surface area contributed by atoms with Gasteiger partial charge in [-0.25, -0.2) is 0 Å². The highest BCUT2D eigenvalue weighted by molar-refractivity contribution is 6.19. The quantitative estimate of drug-likeness (QED) is 0.556. The number of hydrogen-bond acceptors (Lipinski definition) is 1. The summed E-state index contributed by atoms with van der Waals surface area (Å²) in [6.07, 6.45) is 3.86. The van der Waals surface area contributed by atoms with Crippen molar-refractivity contribution in [3.05, 3.63) is 42.0 Å². The van der Waals surface area contributed by atoms with Gasteiger partial charge in [-0.1, -0.05) is 50.1 Å². The van der Waals surface area contributed by atoms with Crippen molar-refractivity contribution in [3.8, 4) is 0 Å². The molecule has 0 unspecified atom stereocenters. The van der Waals surface area contributed by atoms with Gasteiger partial charge >= 0.3 is 0 Å². The zero-order valence-electron chi connectivity index (χ0n) is 13.0. The number of alkyl halides is 1. The first-order valence-electron chi connectivity index (χ1n) is 8.14. The van der Waals surface area contributed by atoms with Gasteiger partial charge < -0.3 is 4.90 Å².